The van der Waals surface area contributed by atoms with E-state index in [1.54, 1.807) is 18.7 Å². The fraction of sp³-hybridized carbons (Fsp3) is 0.333. The van der Waals surface area contributed by atoms with Crippen LogP contribution in [0.15, 0.2) is 52.3 Å². The van der Waals surface area contributed by atoms with Gasteiger partial charge in [-0.25, -0.2) is 4.99 Å². The molecule has 0 saturated carbocycles. The van der Waals surface area contributed by atoms with Crippen molar-refractivity contribution in [3.05, 3.63) is 48.7 Å². The molecular formula is C15H21IN4O2. The molecule has 2 aromatic heterocycles. The highest BCUT2D eigenvalue weighted by Crippen LogP contribution is 2.05. The monoisotopic (exact) mass is 416 g/mol. The maximum atomic E-state index is 5.56. The van der Waals surface area contributed by atoms with Crippen LogP contribution < -0.4 is 15.4 Å². The molecule has 0 aliphatic carbocycles. The van der Waals surface area contributed by atoms with E-state index in [-0.39, 0.29) is 24.0 Å². The first-order valence-corrected chi connectivity index (χ1v) is 6.96. The molecule has 0 fully saturated rings. The third-order valence-electron chi connectivity index (χ3n) is 2.61. The average Bonchev–Trinajstić information content (AvgIpc) is 3.03. The molecule has 0 bridgehead atoms. The molecule has 2 rings (SSSR count). The van der Waals surface area contributed by atoms with E-state index in [0.717, 1.165) is 24.0 Å². The van der Waals surface area contributed by atoms with Gasteiger partial charge in [-0.2, -0.15) is 0 Å². The minimum absolute atomic E-state index is 0. The van der Waals surface area contributed by atoms with Gasteiger partial charge in [0.25, 0.3) is 0 Å². The number of furan rings is 1. The first-order chi connectivity index (χ1) is 10.4. The molecule has 7 heteroatoms. The minimum atomic E-state index is 0. The van der Waals surface area contributed by atoms with Crippen molar-refractivity contribution in [2.45, 2.75) is 13.5 Å². The van der Waals surface area contributed by atoms with Crippen molar-refractivity contribution in [3.8, 4) is 5.75 Å². The Hall–Kier alpha value is -1.77. The minimum Gasteiger partial charge on any atom is -0.490 e. The Morgan fingerprint density at radius 2 is 2.23 bits per heavy atom. The topological polar surface area (TPSA) is 71.7 Å². The van der Waals surface area contributed by atoms with Crippen molar-refractivity contribution in [2.75, 3.05) is 19.7 Å². The molecule has 0 amide bonds. The number of pyridine rings is 1. The number of hydrogen-bond donors (Lipinski definition) is 2. The zero-order valence-corrected chi connectivity index (χ0v) is 14.8. The van der Waals surface area contributed by atoms with Gasteiger partial charge in [-0.15, -0.1) is 24.0 Å². The number of ether oxygens (including phenoxy) is 1. The predicted molar refractivity (Wildman–Crippen MR) is 96.7 cm³/mol. The van der Waals surface area contributed by atoms with Crippen LogP contribution in [0.25, 0.3) is 0 Å². The molecule has 0 unspecified atom stereocenters. The molecule has 0 aliphatic heterocycles. The maximum absolute atomic E-state index is 5.56. The second kappa shape index (κ2) is 10.9. The van der Waals surface area contributed by atoms with Crippen molar-refractivity contribution in [2.24, 2.45) is 4.99 Å². The van der Waals surface area contributed by atoms with Crippen LogP contribution in [0.5, 0.6) is 5.75 Å². The summed E-state index contributed by atoms with van der Waals surface area (Å²) in [7, 11) is 0. The largest absolute Gasteiger partial charge is 0.490 e. The van der Waals surface area contributed by atoms with Crippen LogP contribution in [0, 0.1) is 0 Å². The lowest BCUT2D eigenvalue weighted by atomic mass is 10.4. The van der Waals surface area contributed by atoms with Crippen LogP contribution in [0.4, 0.5) is 0 Å². The molecule has 0 aromatic carbocycles. The van der Waals surface area contributed by atoms with Gasteiger partial charge >= 0.3 is 0 Å². The number of guanidine groups is 1. The van der Waals surface area contributed by atoms with Gasteiger partial charge in [-0.3, -0.25) is 4.98 Å². The second-order valence-electron chi connectivity index (χ2n) is 4.24. The van der Waals surface area contributed by atoms with Crippen molar-refractivity contribution in [3.63, 3.8) is 0 Å². The first-order valence-electron chi connectivity index (χ1n) is 6.96. The van der Waals surface area contributed by atoms with Crippen molar-refractivity contribution in [1.82, 2.24) is 15.6 Å². The van der Waals surface area contributed by atoms with Crippen molar-refractivity contribution >= 4 is 29.9 Å². The molecular weight excluding hydrogens is 395 g/mol. The Kier molecular flexibility index (Phi) is 9.04. The number of hydrogen-bond acceptors (Lipinski definition) is 4. The summed E-state index contributed by atoms with van der Waals surface area (Å²) in [6, 6.07) is 7.48. The Morgan fingerprint density at radius 3 is 2.91 bits per heavy atom. The number of rotatable bonds is 7. The SMILES string of the molecule is CCNC(=NCc1ccco1)NCCOc1cccnc1.I. The molecule has 0 saturated heterocycles. The number of aromatic nitrogens is 1. The van der Waals surface area contributed by atoms with Crippen LogP contribution >= 0.6 is 24.0 Å². The van der Waals surface area contributed by atoms with Crippen molar-refractivity contribution < 1.29 is 9.15 Å². The Morgan fingerprint density at radius 1 is 1.32 bits per heavy atom. The quantitative estimate of drug-likeness (QED) is 0.314. The molecule has 2 heterocycles. The van der Waals surface area contributed by atoms with Gasteiger partial charge in [0.1, 0.15) is 24.7 Å². The molecule has 0 atom stereocenters. The lowest BCUT2D eigenvalue weighted by Crippen LogP contribution is -2.39. The summed E-state index contributed by atoms with van der Waals surface area (Å²) in [6.07, 6.45) is 5.05. The van der Waals surface area contributed by atoms with Gasteiger partial charge in [-0.1, -0.05) is 0 Å². The highest BCUT2D eigenvalue weighted by molar-refractivity contribution is 14.0. The van der Waals surface area contributed by atoms with Gasteiger partial charge in [0, 0.05) is 12.7 Å². The standard InChI is InChI=1S/C15H20N4O2.HI/c1-2-17-15(19-12-14-6-4-9-20-14)18-8-10-21-13-5-3-7-16-11-13;/h3-7,9,11H,2,8,10,12H2,1H3,(H2,17,18,19);1H. The summed E-state index contributed by atoms with van der Waals surface area (Å²) in [5, 5.41) is 6.38. The highest BCUT2D eigenvalue weighted by Gasteiger charge is 1.99. The third kappa shape index (κ3) is 6.79. The van der Waals surface area contributed by atoms with Crippen LogP contribution in [0.2, 0.25) is 0 Å². The average molecular weight is 416 g/mol. The van der Waals surface area contributed by atoms with Gasteiger partial charge in [0.15, 0.2) is 5.96 Å². The summed E-state index contributed by atoms with van der Waals surface area (Å²) in [5.41, 5.74) is 0. The van der Waals surface area contributed by atoms with E-state index in [1.165, 1.54) is 0 Å². The summed E-state index contributed by atoms with van der Waals surface area (Å²) in [4.78, 5) is 8.43. The highest BCUT2D eigenvalue weighted by atomic mass is 127. The lowest BCUT2D eigenvalue weighted by molar-refractivity contribution is 0.320. The van der Waals surface area contributed by atoms with Crippen LogP contribution in [-0.4, -0.2) is 30.6 Å². The third-order valence-corrected chi connectivity index (χ3v) is 2.61. The maximum Gasteiger partial charge on any atom is 0.191 e. The van der Waals surface area contributed by atoms with Gasteiger partial charge in [0.2, 0.25) is 0 Å². The van der Waals surface area contributed by atoms with Crippen LogP contribution in [-0.2, 0) is 6.54 Å². The van der Waals surface area contributed by atoms with E-state index in [2.05, 4.69) is 20.6 Å². The van der Waals surface area contributed by atoms with E-state index in [9.17, 15) is 0 Å². The van der Waals surface area contributed by atoms with E-state index in [4.69, 9.17) is 9.15 Å². The fourth-order valence-corrected chi connectivity index (χ4v) is 1.67. The summed E-state index contributed by atoms with van der Waals surface area (Å²) in [6.45, 7) is 4.52. The van der Waals surface area contributed by atoms with Gasteiger partial charge in [0.05, 0.1) is 19.0 Å². The van der Waals surface area contributed by atoms with Crippen LogP contribution in [0.1, 0.15) is 12.7 Å². The smallest absolute Gasteiger partial charge is 0.191 e. The molecule has 0 spiro atoms. The molecule has 120 valence electrons. The molecule has 2 aromatic rings. The summed E-state index contributed by atoms with van der Waals surface area (Å²) < 4.78 is 10.8. The van der Waals surface area contributed by atoms with Gasteiger partial charge < -0.3 is 19.8 Å². The van der Waals surface area contributed by atoms with Crippen LogP contribution in [0.3, 0.4) is 0 Å². The lowest BCUT2D eigenvalue weighted by Gasteiger charge is -2.11. The Balaban J connectivity index is 0.00000242. The van der Waals surface area contributed by atoms with Gasteiger partial charge in [-0.05, 0) is 31.2 Å². The Labute approximate surface area is 147 Å². The number of nitrogens with zero attached hydrogens (tertiary/aromatic N) is 2. The zero-order valence-electron chi connectivity index (χ0n) is 12.5. The number of nitrogens with one attached hydrogen (secondary N) is 2. The predicted octanol–water partition coefficient (Wildman–Crippen LogP) is 2.43. The summed E-state index contributed by atoms with van der Waals surface area (Å²) >= 11 is 0. The summed E-state index contributed by atoms with van der Waals surface area (Å²) in [5.74, 6) is 2.33. The zero-order chi connectivity index (χ0) is 14.8. The van der Waals surface area contributed by atoms with E-state index >= 15 is 0 Å². The number of aliphatic imine (C=N–C) groups is 1. The second-order valence-corrected chi connectivity index (χ2v) is 4.24. The van der Waals surface area contributed by atoms with E-state index in [1.807, 2.05) is 31.2 Å². The fourth-order valence-electron chi connectivity index (χ4n) is 1.67. The first kappa shape index (κ1) is 18.3. The van der Waals surface area contributed by atoms with E-state index < -0.39 is 0 Å². The molecule has 2 N–H and O–H groups in total. The molecule has 6 nitrogen and oxygen atoms in total. The van der Waals surface area contributed by atoms with Crippen molar-refractivity contribution in [1.29, 1.82) is 0 Å². The normalized spacial score (nSPS) is 10.7. The Bertz CT molecular complexity index is 532. The molecule has 22 heavy (non-hydrogen) atoms. The van der Waals surface area contributed by atoms with E-state index in [0.29, 0.717) is 19.7 Å². The molecule has 0 radical (unpaired) electrons. The molecule has 0 aliphatic rings. The number of halogens is 1.